The van der Waals surface area contributed by atoms with E-state index in [-0.39, 0.29) is 6.04 Å². The Morgan fingerprint density at radius 3 is 2.86 bits per heavy atom. The van der Waals surface area contributed by atoms with Gasteiger partial charge >= 0.3 is 0 Å². The number of halogens is 2. The lowest BCUT2D eigenvalue weighted by molar-refractivity contribution is 0.479. The first kappa shape index (κ1) is 10.7. The maximum Gasteiger partial charge on any atom is 0.163 e. The summed E-state index contributed by atoms with van der Waals surface area (Å²) < 4.78 is 26.0. The predicted molar refractivity (Wildman–Crippen MR) is 51.6 cm³/mol. The molecule has 1 nitrogen and oxygen atoms in total. The summed E-state index contributed by atoms with van der Waals surface area (Å²) in [5.41, 5.74) is 0.292. The molecule has 0 saturated heterocycles. The molecule has 0 saturated carbocycles. The number of hydrogen-bond donors (Lipinski definition) is 1. The van der Waals surface area contributed by atoms with E-state index in [2.05, 4.69) is 11.2 Å². The fourth-order valence-electron chi connectivity index (χ4n) is 1.18. The van der Waals surface area contributed by atoms with Crippen molar-refractivity contribution in [1.29, 1.82) is 0 Å². The highest BCUT2D eigenvalue weighted by Crippen LogP contribution is 2.18. The third-order valence-electron chi connectivity index (χ3n) is 1.96. The van der Waals surface area contributed by atoms with Gasteiger partial charge in [0, 0.05) is 11.6 Å². The predicted octanol–water partition coefficient (Wildman–Crippen LogP) is 2.25. The standard InChI is InChI=1S/C11H11F2N/c1-3-7-14-8(2)9-5-4-6-10(12)11(9)13/h1,4-6,8,14H,7H2,2H3. The molecule has 14 heavy (non-hydrogen) atoms. The van der Waals surface area contributed by atoms with E-state index in [1.54, 1.807) is 6.92 Å². The minimum Gasteiger partial charge on any atom is -0.299 e. The number of benzene rings is 1. The van der Waals surface area contributed by atoms with Gasteiger partial charge in [-0.25, -0.2) is 8.78 Å². The van der Waals surface area contributed by atoms with Crippen molar-refractivity contribution in [3.63, 3.8) is 0 Å². The Bertz CT molecular complexity index is 355. The number of rotatable bonds is 3. The van der Waals surface area contributed by atoms with E-state index in [9.17, 15) is 8.78 Å². The number of terminal acetylenes is 1. The second kappa shape index (κ2) is 4.73. The van der Waals surface area contributed by atoms with E-state index in [4.69, 9.17) is 6.42 Å². The van der Waals surface area contributed by atoms with E-state index in [1.807, 2.05) is 0 Å². The number of hydrogen-bond acceptors (Lipinski definition) is 1. The quantitative estimate of drug-likeness (QED) is 0.729. The Balaban J connectivity index is 2.85. The van der Waals surface area contributed by atoms with Crippen LogP contribution in [0.25, 0.3) is 0 Å². The van der Waals surface area contributed by atoms with Crippen LogP contribution in [0.1, 0.15) is 18.5 Å². The molecule has 0 bridgehead atoms. The van der Waals surface area contributed by atoms with Gasteiger partial charge in [-0.3, -0.25) is 5.32 Å². The van der Waals surface area contributed by atoms with Gasteiger partial charge in [0.25, 0.3) is 0 Å². The van der Waals surface area contributed by atoms with Crippen LogP contribution < -0.4 is 5.32 Å². The van der Waals surface area contributed by atoms with Crippen molar-refractivity contribution in [3.05, 3.63) is 35.4 Å². The zero-order chi connectivity index (χ0) is 10.6. The Morgan fingerprint density at radius 2 is 2.21 bits per heavy atom. The summed E-state index contributed by atoms with van der Waals surface area (Å²) in [6.07, 6.45) is 5.04. The first-order valence-electron chi connectivity index (χ1n) is 4.27. The van der Waals surface area contributed by atoms with Crippen molar-refractivity contribution in [2.45, 2.75) is 13.0 Å². The van der Waals surface area contributed by atoms with Crippen LogP contribution in [0.3, 0.4) is 0 Å². The maximum atomic E-state index is 13.2. The molecule has 0 spiro atoms. The van der Waals surface area contributed by atoms with Gasteiger partial charge < -0.3 is 0 Å². The molecule has 1 aromatic rings. The van der Waals surface area contributed by atoms with Gasteiger partial charge in [-0.2, -0.15) is 0 Å². The molecule has 1 rings (SSSR count). The highest BCUT2D eigenvalue weighted by Gasteiger charge is 2.12. The van der Waals surface area contributed by atoms with Crippen LogP contribution in [-0.2, 0) is 0 Å². The van der Waals surface area contributed by atoms with Crippen molar-refractivity contribution >= 4 is 0 Å². The fraction of sp³-hybridized carbons (Fsp3) is 0.273. The molecule has 0 radical (unpaired) electrons. The molecule has 0 amide bonds. The lowest BCUT2D eigenvalue weighted by atomic mass is 10.1. The Hall–Kier alpha value is -1.40. The molecule has 3 heteroatoms. The zero-order valence-electron chi connectivity index (χ0n) is 7.85. The molecule has 74 valence electrons. The molecule has 1 aromatic carbocycles. The van der Waals surface area contributed by atoms with Gasteiger partial charge in [0.05, 0.1) is 6.54 Å². The Kier molecular flexibility index (Phi) is 3.61. The molecule has 0 heterocycles. The monoisotopic (exact) mass is 195 g/mol. The molecule has 0 fully saturated rings. The lowest BCUT2D eigenvalue weighted by Crippen LogP contribution is -2.20. The van der Waals surface area contributed by atoms with Crippen molar-refractivity contribution in [3.8, 4) is 12.3 Å². The molecule has 1 N–H and O–H groups in total. The molecule has 0 aliphatic heterocycles. The van der Waals surface area contributed by atoms with Crippen molar-refractivity contribution < 1.29 is 8.78 Å². The van der Waals surface area contributed by atoms with E-state index in [0.29, 0.717) is 12.1 Å². The molecular formula is C11H11F2N. The average molecular weight is 195 g/mol. The van der Waals surface area contributed by atoms with Crippen LogP contribution in [-0.4, -0.2) is 6.54 Å². The zero-order valence-corrected chi connectivity index (χ0v) is 7.85. The summed E-state index contributed by atoms with van der Waals surface area (Å²) in [6.45, 7) is 2.06. The van der Waals surface area contributed by atoms with Gasteiger partial charge in [-0.15, -0.1) is 6.42 Å². The van der Waals surface area contributed by atoms with Crippen LogP contribution in [0.5, 0.6) is 0 Å². The molecule has 0 aliphatic rings. The molecule has 1 atom stereocenters. The van der Waals surface area contributed by atoms with Crippen LogP contribution >= 0.6 is 0 Å². The summed E-state index contributed by atoms with van der Waals surface area (Å²) in [5.74, 6) is 0.724. The van der Waals surface area contributed by atoms with Crippen molar-refractivity contribution in [2.24, 2.45) is 0 Å². The maximum absolute atomic E-state index is 13.2. The summed E-state index contributed by atoms with van der Waals surface area (Å²) in [7, 11) is 0. The number of nitrogens with one attached hydrogen (secondary N) is 1. The van der Waals surface area contributed by atoms with Gasteiger partial charge in [-0.1, -0.05) is 18.1 Å². The Labute approximate surface area is 82.1 Å². The minimum atomic E-state index is -0.836. The SMILES string of the molecule is C#CCNC(C)c1cccc(F)c1F. The largest absolute Gasteiger partial charge is 0.299 e. The smallest absolute Gasteiger partial charge is 0.163 e. The van der Waals surface area contributed by atoms with Crippen molar-refractivity contribution in [2.75, 3.05) is 6.54 Å². The third kappa shape index (κ3) is 2.30. The first-order valence-corrected chi connectivity index (χ1v) is 4.27. The second-order valence-corrected chi connectivity index (χ2v) is 2.95. The van der Waals surface area contributed by atoms with E-state index < -0.39 is 11.6 Å². The third-order valence-corrected chi connectivity index (χ3v) is 1.96. The average Bonchev–Trinajstić information content (AvgIpc) is 2.18. The highest BCUT2D eigenvalue weighted by atomic mass is 19.2. The first-order chi connectivity index (χ1) is 6.66. The summed E-state index contributed by atoms with van der Waals surface area (Å²) in [5, 5.41) is 2.87. The molecule has 0 aromatic heterocycles. The van der Waals surface area contributed by atoms with Crippen LogP contribution in [0.4, 0.5) is 8.78 Å². The van der Waals surface area contributed by atoms with Crippen LogP contribution in [0, 0.1) is 24.0 Å². The fourth-order valence-corrected chi connectivity index (χ4v) is 1.18. The lowest BCUT2D eigenvalue weighted by Gasteiger charge is -2.13. The van der Waals surface area contributed by atoms with E-state index in [1.165, 1.54) is 12.1 Å². The minimum absolute atomic E-state index is 0.290. The normalized spacial score (nSPS) is 12.1. The molecule has 0 aliphatic carbocycles. The van der Waals surface area contributed by atoms with Gasteiger partial charge in [0.2, 0.25) is 0 Å². The Morgan fingerprint density at radius 1 is 1.50 bits per heavy atom. The summed E-state index contributed by atoms with van der Waals surface area (Å²) >= 11 is 0. The van der Waals surface area contributed by atoms with E-state index >= 15 is 0 Å². The van der Waals surface area contributed by atoms with E-state index in [0.717, 1.165) is 6.07 Å². The second-order valence-electron chi connectivity index (χ2n) is 2.95. The van der Waals surface area contributed by atoms with Crippen LogP contribution in [0.2, 0.25) is 0 Å². The highest BCUT2D eigenvalue weighted by molar-refractivity contribution is 5.22. The molecule has 1 unspecified atom stereocenters. The van der Waals surface area contributed by atoms with Gasteiger partial charge in [0.15, 0.2) is 11.6 Å². The van der Waals surface area contributed by atoms with Crippen molar-refractivity contribution in [1.82, 2.24) is 5.32 Å². The van der Waals surface area contributed by atoms with Crippen LogP contribution in [0.15, 0.2) is 18.2 Å². The topological polar surface area (TPSA) is 12.0 Å². The summed E-state index contributed by atoms with van der Waals surface area (Å²) in [4.78, 5) is 0. The summed E-state index contributed by atoms with van der Waals surface area (Å²) in [6, 6.07) is 3.81. The molecular weight excluding hydrogens is 184 g/mol. The van der Waals surface area contributed by atoms with Gasteiger partial charge in [-0.05, 0) is 13.0 Å². The van der Waals surface area contributed by atoms with Gasteiger partial charge in [0.1, 0.15) is 0 Å².